The van der Waals surface area contributed by atoms with Crippen molar-refractivity contribution < 1.29 is 0 Å². The van der Waals surface area contributed by atoms with Crippen LogP contribution < -0.4 is 10.7 Å². The lowest BCUT2D eigenvalue weighted by Gasteiger charge is -2.13. The molecule has 0 spiro atoms. The molecule has 3 aromatic rings. The van der Waals surface area contributed by atoms with Crippen molar-refractivity contribution in [3.63, 3.8) is 0 Å². The largest absolute Gasteiger partial charge is 0.331 e. The first-order valence-corrected chi connectivity index (χ1v) is 9.43. The molecule has 0 aliphatic rings. The van der Waals surface area contributed by atoms with Gasteiger partial charge in [-0.2, -0.15) is 5.10 Å². The van der Waals surface area contributed by atoms with E-state index in [0.29, 0.717) is 5.11 Å². The molecule has 0 amide bonds. The number of rotatable bonds is 5. The van der Waals surface area contributed by atoms with E-state index in [2.05, 4.69) is 71.5 Å². The van der Waals surface area contributed by atoms with Crippen molar-refractivity contribution in [1.82, 2.24) is 9.99 Å². The van der Waals surface area contributed by atoms with E-state index in [1.807, 2.05) is 36.5 Å². The summed E-state index contributed by atoms with van der Waals surface area (Å²) in [6, 6.07) is 20.4. The maximum atomic E-state index is 5.28. The Kier molecular flexibility index (Phi) is 6.04. The Morgan fingerprint density at radius 2 is 1.78 bits per heavy atom. The highest BCUT2D eigenvalue weighted by molar-refractivity contribution is 7.80. The number of para-hydroxylation sites is 2. The van der Waals surface area contributed by atoms with Gasteiger partial charge in [0.15, 0.2) is 5.11 Å². The lowest BCUT2D eigenvalue weighted by atomic mass is 10.1. The highest BCUT2D eigenvalue weighted by atomic mass is 32.1. The van der Waals surface area contributed by atoms with Gasteiger partial charge in [-0.1, -0.05) is 43.3 Å². The van der Waals surface area contributed by atoms with Crippen LogP contribution in [0, 0.1) is 13.8 Å². The lowest BCUT2D eigenvalue weighted by Crippen LogP contribution is -2.23. The first-order chi connectivity index (χ1) is 13.1. The Morgan fingerprint density at radius 3 is 2.52 bits per heavy atom. The second-order valence-electron chi connectivity index (χ2n) is 6.33. The van der Waals surface area contributed by atoms with Crippen molar-refractivity contribution >= 4 is 29.2 Å². The fourth-order valence-electron chi connectivity index (χ4n) is 3.16. The van der Waals surface area contributed by atoms with Gasteiger partial charge in [0.05, 0.1) is 6.21 Å². The molecule has 0 saturated carbocycles. The van der Waals surface area contributed by atoms with Crippen molar-refractivity contribution in [2.75, 3.05) is 5.32 Å². The zero-order valence-electron chi connectivity index (χ0n) is 15.9. The average Bonchev–Trinajstić information content (AvgIpc) is 2.96. The third kappa shape index (κ3) is 4.44. The fraction of sp³-hybridized carbons (Fsp3) is 0.182. The quantitative estimate of drug-likeness (QED) is 0.375. The van der Waals surface area contributed by atoms with Gasteiger partial charge in [0.25, 0.3) is 0 Å². The molecule has 2 N–H and O–H groups in total. The van der Waals surface area contributed by atoms with Gasteiger partial charge in [0, 0.05) is 28.3 Å². The van der Waals surface area contributed by atoms with E-state index < -0.39 is 0 Å². The van der Waals surface area contributed by atoms with Crippen molar-refractivity contribution in [2.45, 2.75) is 27.2 Å². The molecule has 2 aromatic carbocycles. The molecular weight excluding hydrogens is 352 g/mol. The molecule has 138 valence electrons. The van der Waals surface area contributed by atoms with Gasteiger partial charge in [0.2, 0.25) is 0 Å². The van der Waals surface area contributed by atoms with Crippen LogP contribution in [0.1, 0.15) is 29.4 Å². The summed E-state index contributed by atoms with van der Waals surface area (Å²) in [6.45, 7) is 6.41. The summed E-state index contributed by atoms with van der Waals surface area (Å²) in [4.78, 5) is 0. The number of thiocarbonyl (C=S) groups is 1. The number of benzene rings is 2. The molecular formula is C22H24N4S. The summed E-state index contributed by atoms with van der Waals surface area (Å²) >= 11 is 5.28. The summed E-state index contributed by atoms with van der Waals surface area (Å²) in [7, 11) is 0. The molecule has 3 rings (SSSR count). The number of anilines is 1. The first-order valence-electron chi connectivity index (χ1n) is 9.02. The van der Waals surface area contributed by atoms with Crippen LogP contribution in [0.5, 0.6) is 0 Å². The van der Waals surface area contributed by atoms with Crippen LogP contribution >= 0.6 is 12.2 Å². The molecule has 0 saturated heterocycles. The third-order valence-corrected chi connectivity index (χ3v) is 4.68. The molecule has 4 nitrogen and oxygen atoms in total. The topological polar surface area (TPSA) is 41.4 Å². The number of aromatic nitrogens is 1. The summed E-state index contributed by atoms with van der Waals surface area (Å²) in [6.07, 6.45) is 2.81. The van der Waals surface area contributed by atoms with E-state index in [0.717, 1.165) is 23.4 Å². The molecule has 0 aliphatic carbocycles. The minimum Gasteiger partial charge on any atom is -0.331 e. The zero-order chi connectivity index (χ0) is 19.2. The summed E-state index contributed by atoms with van der Waals surface area (Å²) in [5.41, 5.74) is 9.76. The highest BCUT2D eigenvalue weighted by Gasteiger charge is 2.11. The summed E-state index contributed by atoms with van der Waals surface area (Å²) in [5.74, 6) is 0. The summed E-state index contributed by atoms with van der Waals surface area (Å²) in [5, 5.41) is 7.86. The molecule has 5 heteroatoms. The van der Waals surface area contributed by atoms with Gasteiger partial charge in [-0.3, -0.25) is 5.43 Å². The van der Waals surface area contributed by atoms with E-state index in [9.17, 15) is 0 Å². The van der Waals surface area contributed by atoms with Gasteiger partial charge < -0.3 is 9.88 Å². The molecule has 1 heterocycles. The minimum atomic E-state index is 0.461. The van der Waals surface area contributed by atoms with E-state index in [1.165, 1.54) is 16.9 Å². The van der Waals surface area contributed by atoms with Crippen molar-refractivity contribution in [2.24, 2.45) is 5.10 Å². The van der Waals surface area contributed by atoms with Crippen LogP contribution in [0.3, 0.4) is 0 Å². The molecule has 0 radical (unpaired) electrons. The van der Waals surface area contributed by atoms with Gasteiger partial charge >= 0.3 is 0 Å². The fourth-order valence-corrected chi connectivity index (χ4v) is 3.33. The van der Waals surface area contributed by atoms with Crippen molar-refractivity contribution in [1.29, 1.82) is 0 Å². The van der Waals surface area contributed by atoms with Crippen molar-refractivity contribution in [3.8, 4) is 5.69 Å². The standard InChI is InChI=1S/C22H24N4S/c1-4-18-10-8-9-13-21(18)26-16(2)14-19(17(26)3)15-23-25-22(27)24-20-11-6-5-7-12-20/h5-15H,4H2,1-3H3,(H2,24,25,27). The lowest BCUT2D eigenvalue weighted by molar-refractivity contribution is 0.936. The maximum Gasteiger partial charge on any atom is 0.191 e. The average molecular weight is 377 g/mol. The van der Waals surface area contributed by atoms with Gasteiger partial charge in [-0.25, -0.2) is 0 Å². The van der Waals surface area contributed by atoms with E-state index in [1.54, 1.807) is 0 Å². The van der Waals surface area contributed by atoms with E-state index in [-0.39, 0.29) is 0 Å². The Balaban J connectivity index is 1.75. The van der Waals surface area contributed by atoms with E-state index in [4.69, 9.17) is 12.2 Å². The number of hydrazone groups is 1. The monoisotopic (exact) mass is 376 g/mol. The van der Waals surface area contributed by atoms with Crippen LogP contribution in [-0.4, -0.2) is 15.9 Å². The highest BCUT2D eigenvalue weighted by Crippen LogP contribution is 2.23. The number of hydrogen-bond donors (Lipinski definition) is 2. The van der Waals surface area contributed by atoms with Crippen molar-refractivity contribution in [3.05, 3.63) is 83.2 Å². The molecule has 0 atom stereocenters. The van der Waals surface area contributed by atoms with Gasteiger partial charge in [-0.15, -0.1) is 0 Å². The van der Waals surface area contributed by atoms with Gasteiger partial charge in [-0.05, 0) is 62.3 Å². The Morgan fingerprint density at radius 1 is 1.07 bits per heavy atom. The third-order valence-electron chi connectivity index (χ3n) is 4.49. The van der Waals surface area contributed by atoms with E-state index >= 15 is 0 Å². The number of nitrogens with zero attached hydrogens (tertiary/aromatic N) is 2. The maximum absolute atomic E-state index is 5.28. The minimum absolute atomic E-state index is 0.461. The molecule has 0 bridgehead atoms. The van der Waals surface area contributed by atoms with Gasteiger partial charge in [0.1, 0.15) is 0 Å². The molecule has 0 aliphatic heterocycles. The molecule has 1 aromatic heterocycles. The normalized spacial score (nSPS) is 10.9. The second-order valence-corrected chi connectivity index (χ2v) is 6.74. The number of aryl methyl sites for hydroxylation is 2. The molecule has 0 unspecified atom stereocenters. The zero-order valence-corrected chi connectivity index (χ0v) is 16.7. The molecule has 27 heavy (non-hydrogen) atoms. The Bertz CT molecular complexity index is 958. The van der Waals surface area contributed by atoms with Crippen LogP contribution in [0.25, 0.3) is 5.69 Å². The summed E-state index contributed by atoms with van der Waals surface area (Å²) < 4.78 is 2.28. The Hall–Kier alpha value is -2.92. The smallest absolute Gasteiger partial charge is 0.191 e. The van der Waals surface area contributed by atoms with Crippen LogP contribution in [0.15, 0.2) is 65.8 Å². The predicted octanol–water partition coefficient (Wildman–Crippen LogP) is 4.98. The SMILES string of the molecule is CCc1ccccc1-n1c(C)cc(C=NNC(=S)Nc2ccccc2)c1C. The van der Waals surface area contributed by atoms with Crippen LogP contribution in [-0.2, 0) is 6.42 Å². The first kappa shape index (κ1) is 18.9. The Labute approximate surface area is 165 Å². The number of hydrogen-bond acceptors (Lipinski definition) is 2. The van der Waals surface area contributed by atoms with Crippen LogP contribution in [0.4, 0.5) is 5.69 Å². The second kappa shape index (κ2) is 8.64. The van der Waals surface area contributed by atoms with Crippen LogP contribution in [0.2, 0.25) is 0 Å². The number of nitrogens with one attached hydrogen (secondary N) is 2. The predicted molar refractivity (Wildman–Crippen MR) is 118 cm³/mol. The molecule has 0 fully saturated rings.